The number of halogens is 1. The molecule has 104 valence electrons. The van der Waals surface area contributed by atoms with Gasteiger partial charge in [0.05, 0.1) is 5.25 Å². The lowest BCUT2D eigenvalue weighted by atomic mass is 10.2. The van der Waals surface area contributed by atoms with Gasteiger partial charge in [0.1, 0.15) is 11.2 Å². The van der Waals surface area contributed by atoms with Gasteiger partial charge in [0.2, 0.25) is 5.91 Å². The molecule has 0 radical (unpaired) electrons. The molecule has 1 fully saturated rings. The van der Waals surface area contributed by atoms with Crippen molar-refractivity contribution in [3.05, 3.63) is 35.6 Å². The summed E-state index contributed by atoms with van der Waals surface area (Å²) in [4.78, 5) is 14.0. The average molecular weight is 283 g/mol. The van der Waals surface area contributed by atoms with Gasteiger partial charge in [-0.2, -0.15) is 0 Å². The Morgan fingerprint density at radius 3 is 2.95 bits per heavy atom. The molecule has 0 bridgehead atoms. The number of amides is 1. The lowest BCUT2D eigenvalue weighted by Gasteiger charge is -2.24. The van der Waals surface area contributed by atoms with Gasteiger partial charge in [0.15, 0.2) is 0 Å². The first-order valence-electron chi connectivity index (χ1n) is 6.34. The maximum Gasteiger partial charge on any atom is 0.236 e. The van der Waals surface area contributed by atoms with E-state index in [0.717, 1.165) is 12.0 Å². The van der Waals surface area contributed by atoms with Crippen LogP contribution in [0.5, 0.6) is 0 Å². The molecule has 0 unspecified atom stereocenters. The first-order chi connectivity index (χ1) is 9.13. The fourth-order valence-corrected chi connectivity index (χ4v) is 3.50. The van der Waals surface area contributed by atoms with Crippen molar-refractivity contribution >= 4 is 17.7 Å². The lowest BCUT2D eigenvalue weighted by molar-refractivity contribution is -0.130. The van der Waals surface area contributed by atoms with E-state index in [1.807, 2.05) is 17.9 Å². The average Bonchev–Trinajstić information content (AvgIpc) is 2.67. The Bertz CT molecular complexity index is 455. The Hall–Kier alpha value is -1.07. The molecule has 1 aromatic carbocycles. The monoisotopic (exact) mass is 283 g/mol. The normalized spacial score (nSPS) is 23.1. The van der Waals surface area contributed by atoms with Crippen LogP contribution in [0.25, 0.3) is 0 Å². The van der Waals surface area contributed by atoms with Crippen LogP contribution in [0.2, 0.25) is 0 Å². The SMILES string of the molecule is COCCCN1C(=O)[C@H](C)S[C@H]1c1cccc(F)c1. The van der Waals surface area contributed by atoms with E-state index >= 15 is 0 Å². The van der Waals surface area contributed by atoms with Crippen molar-refractivity contribution in [2.24, 2.45) is 0 Å². The molecule has 1 aliphatic heterocycles. The molecular formula is C14H18FNO2S. The molecular weight excluding hydrogens is 265 g/mol. The van der Waals surface area contributed by atoms with Crippen molar-refractivity contribution in [3.63, 3.8) is 0 Å². The topological polar surface area (TPSA) is 29.5 Å². The largest absolute Gasteiger partial charge is 0.385 e. The molecule has 0 aliphatic carbocycles. The maximum absolute atomic E-state index is 13.3. The van der Waals surface area contributed by atoms with Crippen LogP contribution in [0.15, 0.2) is 24.3 Å². The number of thioether (sulfide) groups is 1. The van der Waals surface area contributed by atoms with Gasteiger partial charge in [-0.25, -0.2) is 4.39 Å². The maximum atomic E-state index is 13.3. The molecule has 19 heavy (non-hydrogen) atoms. The van der Waals surface area contributed by atoms with Crippen molar-refractivity contribution in [1.29, 1.82) is 0 Å². The van der Waals surface area contributed by atoms with E-state index in [1.165, 1.54) is 12.1 Å². The number of rotatable bonds is 5. The van der Waals surface area contributed by atoms with Gasteiger partial charge in [-0.1, -0.05) is 12.1 Å². The zero-order valence-corrected chi connectivity index (χ0v) is 12.0. The zero-order chi connectivity index (χ0) is 13.8. The minimum Gasteiger partial charge on any atom is -0.385 e. The number of hydrogen-bond acceptors (Lipinski definition) is 3. The van der Waals surface area contributed by atoms with Crippen LogP contribution < -0.4 is 0 Å². The highest BCUT2D eigenvalue weighted by atomic mass is 32.2. The Balaban J connectivity index is 2.15. The fraction of sp³-hybridized carbons (Fsp3) is 0.500. The molecule has 1 saturated heterocycles. The Morgan fingerprint density at radius 1 is 1.47 bits per heavy atom. The third-order valence-corrected chi connectivity index (χ3v) is 4.52. The van der Waals surface area contributed by atoms with Gasteiger partial charge in [-0.3, -0.25) is 4.79 Å². The molecule has 2 rings (SSSR count). The lowest BCUT2D eigenvalue weighted by Crippen LogP contribution is -2.31. The minimum atomic E-state index is -0.262. The van der Waals surface area contributed by atoms with Crippen LogP contribution in [0, 0.1) is 5.82 Å². The fourth-order valence-electron chi connectivity index (χ4n) is 2.20. The predicted octanol–water partition coefficient (Wildman–Crippen LogP) is 2.82. The van der Waals surface area contributed by atoms with Crippen molar-refractivity contribution in [1.82, 2.24) is 4.90 Å². The number of nitrogens with zero attached hydrogens (tertiary/aromatic N) is 1. The summed E-state index contributed by atoms with van der Waals surface area (Å²) in [5, 5.41) is -0.161. The van der Waals surface area contributed by atoms with Gasteiger partial charge in [-0.05, 0) is 31.0 Å². The summed E-state index contributed by atoms with van der Waals surface area (Å²) in [6.07, 6.45) is 0.793. The number of ether oxygens (including phenoxy) is 1. The van der Waals surface area contributed by atoms with Crippen LogP contribution in [0.1, 0.15) is 24.3 Å². The second-order valence-corrected chi connectivity index (χ2v) is 5.99. The highest BCUT2D eigenvalue weighted by molar-refractivity contribution is 8.01. The van der Waals surface area contributed by atoms with E-state index < -0.39 is 0 Å². The van der Waals surface area contributed by atoms with Crippen molar-refractivity contribution in [2.75, 3.05) is 20.3 Å². The van der Waals surface area contributed by atoms with Gasteiger partial charge in [0.25, 0.3) is 0 Å². The molecule has 1 heterocycles. The smallest absolute Gasteiger partial charge is 0.236 e. The second-order valence-electron chi connectivity index (χ2n) is 4.56. The summed E-state index contributed by atoms with van der Waals surface area (Å²) in [6, 6.07) is 6.48. The van der Waals surface area contributed by atoms with Crippen LogP contribution >= 0.6 is 11.8 Å². The van der Waals surface area contributed by atoms with Crippen LogP contribution in [0.4, 0.5) is 4.39 Å². The van der Waals surface area contributed by atoms with E-state index in [4.69, 9.17) is 4.74 Å². The number of hydrogen-bond donors (Lipinski definition) is 0. The number of methoxy groups -OCH3 is 1. The summed E-state index contributed by atoms with van der Waals surface area (Å²) < 4.78 is 18.3. The number of benzene rings is 1. The molecule has 1 aliphatic rings. The van der Waals surface area contributed by atoms with E-state index in [0.29, 0.717) is 13.2 Å². The Kier molecular flexibility index (Phi) is 4.82. The quantitative estimate of drug-likeness (QED) is 0.778. The molecule has 5 heteroatoms. The molecule has 0 spiro atoms. The summed E-state index contributed by atoms with van der Waals surface area (Å²) in [5.74, 6) is -0.141. The molecule has 2 atom stereocenters. The number of carbonyl (C=O) groups excluding carboxylic acids is 1. The summed E-state index contributed by atoms with van der Waals surface area (Å²) in [5.41, 5.74) is 0.847. The van der Waals surface area contributed by atoms with E-state index in [1.54, 1.807) is 24.9 Å². The van der Waals surface area contributed by atoms with Crippen LogP contribution in [-0.2, 0) is 9.53 Å². The van der Waals surface area contributed by atoms with Crippen molar-refractivity contribution < 1.29 is 13.9 Å². The second kappa shape index (κ2) is 6.39. The van der Waals surface area contributed by atoms with Gasteiger partial charge >= 0.3 is 0 Å². The Morgan fingerprint density at radius 2 is 2.26 bits per heavy atom. The summed E-state index contributed by atoms with van der Waals surface area (Å²) in [6.45, 7) is 3.17. The molecule has 0 saturated carbocycles. The van der Waals surface area contributed by atoms with Crippen molar-refractivity contribution in [2.45, 2.75) is 24.0 Å². The standard InChI is InChI=1S/C14H18FNO2S/c1-10-13(17)16(7-4-8-18-2)14(19-10)11-5-3-6-12(15)9-11/h3,5-6,9-10,14H,4,7-8H2,1-2H3/t10-,14-/m0/s1. The first kappa shape index (κ1) is 14.3. The Labute approximate surface area is 117 Å². The molecule has 1 amide bonds. The van der Waals surface area contributed by atoms with Crippen LogP contribution in [-0.4, -0.2) is 36.3 Å². The first-order valence-corrected chi connectivity index (χ1v) is 7.28. The van der Waals surface area contributed by atoms with E-state index in [-0.39, 0.29) is 22.3 Å². The predicted molar refractivity (Wildman–Crippen MR) is 74.4 cm³/mol. The van der Waals surface area contributed by atoms with E-state index in [2.05, 4.69) is 0 Å². The zero-order valence-electron chi connectivity index (χ0n) is 11.1. The summed E-state index contributed by atoms with van der Waals surface area (Å²) in [7, 11) is 1.65. The molecule has 3 nitrogen and oxygen atoms in total. The highest BCUT2D eigenvalue weighted by Crippen LogP contribution is 2.42. The molecule has 0 aromatic heterocycles. The highest BCUT2D eigenvalue weighted by Gasteiger charge is 2.37. The van der Waals surface area contributed by atoms with Crippen molar-refractivity contribution in [3.8, 4) is 0 Å². The van der Waals surface area contributed by atoms with Gasteiger partial charge in [0, 0.05) is 20.3 Å². The van der Waals surface area contributed by atoms with Crippen LogP contribution in [0.3, 0.4) is 0 Å². The minimum absolute atomic E-state index is 0.0733. The third kappa shape index (κ3) is 3.28. The third-order valence-electron chi connectivity index (χ3n) is 3.13. The van der Waals surface area contributed by atoms with Gasteiger partial charge in [-0.15, -0.1) is 11.8 Å². The number of carbonyl (C=O) groups is 1. The van der Waals surface area contributed by atoms with E-state index in [9.17, 15) is 9.18 Å². The summed E-state index contributed by atoms with van der Waals surface area (Å²) >= 11 is 1.57. The molecule has 1 aromatic rings. The van der Waals surface area contributed by atoms with Gasteiger partial charge < -0.3 is 9.64 Å². The molecule has 0 N–H and O–H groups in total.